The van der Waals surface area contributed by atoms with Gasteiger partial charge in [-0.15, -0.1) is 0 Å². The van der Waals surface area contributed by atoms with Crippen LogP contribution in [0.2, 0.25) is 0 Å². The second kappa shape index (κ2) is 8.32. The normalized spacial score (nSPS) is 11.0. The van der Waals surface area contributed by atoms with Gasteiger partial charge in [0.25, 0.3) is 11.5 Å². The highest BCUT2D eigenvalue weighted by Gasteiger charge is 2.12. The van der Waals surface area contributed by atoms with Crippen molar-refractivity contribution in [3.63, 3.8) is 0 Å². The molecule has 0 aliphatic rings. The number of aromatic nitrogens is 4. The highest BCUT2D eigenvalue weighted by molar-refractivity contribution is 5.95. The number of nitrogens with zero attached hydrogens (tertiary/aromatic N) is 2. The minimum atomic E-state index is -0.196. The summed E-state index contributed by atoms with van der Waals surface area (Å²) in [6.45, 7) is 4.24. The molecule has 4 aromatic rings. The molecule has 1 amide bonds. The molecule has 0 saturated heterocycles. The summed E-state index contributed by atoms with van der Waals surface area (Å²) in [5.41, 5.74) is 5.42. The molecule has 0 aliphatic carbocycles. The van der Waals surface area contributed by atoms with Crippen molar-refractivity contribution in [1.82, 2.24) is 25.3 Å². The van der Waals surface area contributed by atoms with Crippen molar-refractivity contribution in [2.45, 2.75) is 26.7 Å². The maximum Gasteiger partial charge on any atom is 0.252 e. The first-order valence-electron chi connectivity index (χ1n) is 9.95. The number of nitrogens with one attached hydrogen (secondary N) is 3. The minimum absolute atomic E-state index is 0.0776. The molecule has 0 saturated carbocycles. The number of amides is 1. The predicted molar refractivity (Wildman–Crippen MR) is 117 cm³/mol. The lowest BCUT2D eigenvalue weighted by Gasteiger charge is -2.10. The molecule has 3 N–H and O–H groups in total. The number of rotatable bonds is 6. The maximum absolute atomic E-state index is 12.6. The fourth-order valence-corrected chi connectivity index (χ4v) is 3.46. The number of para-hydroxylation sites is 2. The van der Waals surface area contributed by atoms with Crippen LogP contribution in [0, 0.1) is 6.92 Å². The summed E-state index contributed by atoms with van der Waals surface area (Å²) in [5, 5.41) is 2.92. The lowest BCUT2D eigenvalue weighted by molar-refractivity contribution is 0.0953. The average Bonchev–Trinajstić information content (AvgIpc) is 3.16. The van der Waals surface area contributed by atoms with Gasteiger partial charge in [0.15, 0.2) is 0 Å². The zero-order valence-corrected chi connectivity index (χ0v) is 17.0. The Morgan fingerprint density at radius 2 is 1.97 bits per heavy atom. The van der Waals surface area contributed by atoms with Gasteiger partial charge in [0.1, 0.15) is 5.82 Å². The lowest BCUT2D eigenvalue weighted by atomic mass is 10.0. The number of benzene rings is 1. The molecule has 152 valence electrons. The van der Waals surface area contributed by atoms with E-state index in [1.807, 2.05) is 44.2 Å². The van der Waals surface area contributed by atoms with E-state index in [2.05, 4.69) is 25.3 Å². The molecule has 0 bridgehead atoms. The molecule has 0 aliphatic heterocycles. The summed E-state index contributed by atoms with van der Waals surface area (Å²) < 4.78 is 0. The van der Waals surface area contributed by atoms with Crippen LogP contribution in [0.5, 0.6) is 0 Å². The number of carbonyl (C=O) groups excluding carboxylic acids is 1. The molecule has 0 spiro atoms. The summed E-state index contributed by atoms with van der Waals surface area (Å²) in [4.78, 5) is 39.5. The van der Waals surface area contributed by atoms with Crippen molar-refractivity contribution in [1.29, 1.82) is 0 Å². The molecule has 1 aromatic carbocycles. The number of aryl methyl sites for hydroxylation is 2. The van der Waals surface area contributed by atoms with E-state index in [1.54, 1.807) is 18.5 Å². The topological polar surface area (TPSA) is 104 Å². The summed E-state index contributed by atoms with van der Waals surface area (Å²) >= 11 is 0. The first-order valence-corrected chi connectivity index (χ1v) is 9.95. The van der Waals surface area contributed by atoms with E-state index in [-0.39, 0.29) is 11.5 Å². The number of hydrogen-bond donors (Lipinski definition) is 3. The van der Waals surface area contributed by atoms with Gasteiger partial charge in [-0.05, 0) is 37.6 Å². The van der Waals surface area contributed by atoms with Gasteiger partial charge in [-0.2, -0.15) is 0 Å². The molecule has 4 rings (SSSR count). The largest absolute Gasteiger partial charge is 0.352 e. The van der Waals surface area contributed by atoms with Gasteiger partial charge in [0.05, 0.1) is 16.6 Å². The Labute approximate surface area is 173 Å². The Bertz CT molecular complexity index is 1240. The van der Waals surface area contributed by atoms with Crippen molar-refractivity contribution in [2.24, 2.45) is 0 Å². The van der Waals surface area contributed by atoms with Crippen LogP contribution < -0.4 is 10.9 Å². The van der Waals surface area contributed by atoms with E-state index >= 15 is 0 Å². The highest BCUT2D eigenvalue weighted by atomic mass is 16.1. The Morgan fingerprint density at radius 1 is 1.13 bits per heavy atom. The number of fused-ring (bicyclic) bond motifs is 1. The minimum Gasteiger partial charge on any atom is -0.352 e. The zero-order chi connectivity index (χ0) is 21.1. The molecular weight excluding hydrogens is 378 g/mol. The Balaban J connectivity index is 1.47. The summed E-state index contributed by atoms with van der Waals surface area (Å²) in [5.74, 6) is 0.637. The number of hydrogen-bond acceptors (Lipinski definition) is 4. The number of pyridine rings is 2. The standard InChI is InChI=1S/C23H23N5O2/c1-3-15-11-18(14(2)26-23(15)30)16-10-17(13-24-12-16)22(29)25-9-8-21-27-19-6-4-5-7-20(19)28-21/h4-7,10-13H,3,8-9H2,1-2H3,(H,25,29)(H,26,30)(H,27,28). The molecule has 0 unspecified atom stereocenters. The molecule has 3 heterocycles. The number of H-pyrrole nitrogens is 2. The molecule has 3 aromatic heterocycles. The molecule has 0 radical (unpaired) electrons. The van der Waals surface area contributed by atoms with Crippen LogP contribution >= 0.6 is 0 Å². The van der Waals surface area contributed by atoms with Gasteiger partial charge >= 0.3 is 0 Å². The van der Waals surface area contributed by atoms with E-state index in [9.17, 15) is 9.59 Å². The van der Waals surface area contributed by atoms with Crippen LogP contribution in [0.15, 0.2) is 53.6 Å². The van der Waals surface area contributed by atoms with Crippen LogP contribution in [0.3, 0.4) is 0 Å². The first-order chi connectivity index (χ1) is 14.5. The number of carbonyl (C=O) groups is 1. The van der Waals surface area contributed by atoms with Gasteiger partial charge in [-0.25, -0.2) is 4.98 Å². The number of aromatic amines is 2. The van der Waals surface area contributed by atoms with Crippen LogP contribution in [0.25, 0.3) is 22.2 Å². The van der Waals surface area contributed by atoms with E-state index in [1.165, 1.54) is 0 Å². The Morgan fingerprint density at radius 3 is 2.77 bits per heavy atom. The number of imidazole rings is 1. The maximum atomic E-state index is 12.6. The van der Waals surface area contributed by atoms with Crippen molar-refractivity contribution in [3.8, 4) is 11.1 Å². The van der Waals surface area contributed by atoms with Gasteiger partial charge in [0, 0.05) is 47.7 Å². The average molecular weight is 401 g/mol. The van der Waals surface area contributed by atoms with Crippen molar-refractivity contribution < 1.29 is 4.79 Å². The van der Waals surface area contributed by atoms with E-state index in [0.717, 1.165) is 33.7 Å². The van der Waals surface area contributed by atoms with Crippen molar-refractivity contribution >= 4 is 16.9 Å². The molecule has 0 atom stereocenters. The van der Waals surface area contributed by atoms with Crippen LogP contribution in [0.1, 0.15) is 34.4 Å². The van der Waals surface area contributed by atoms with Crippen molar-refractivity contribution in [3.05, 3.63) is 81.8 Å². The fraction of sp³-hybridized carbons (Fsp3) is 0.217. The summed E-state index contributed by atoms with van der Waals surface area (Å²) in [6, 6.07) is 11.5. The van der Waals surface area contributed by atoms with Gasteiger partial charge < -0.3 is 15.3 Å². The van der Waals surface area contributed by atoms with E-state index in [4.69, 9.17) is 0 Å². The molecule has 0 fully saturated rings. The Hall–Kier alpha value is -3.74. The summed E-state index contributed by atoms with van der Waals surface area (Å²) in [6.07, 6.45) is 4.48. The van der Waals surface area contributed by atoms with Crippen LogP contribution in [-0.2, 0) is 12.8 Å². The monoisotopic (exact) mass is 401 g/mol. The highest BCUT2D eigenvalue weighted by Crippen LogP contribution is 2.22. The molecular formula is C23H23N5O2. The van der Waals surface area contributed by atoms with E-state index in [0.29, 0.717) is 30.5 Å². The fourth-order valence-electron chi connectivity index (χ4n) is 3.46. The van der Waals surface area contributed by atoms with Gasteiger partial charge in [-0.3, -0.25) is 14.6 Å². The third-order valence-corrected chi connectivity index (χ3v) is 5.09. The van der Waals surface area contributed by atoms with Crippen molar-refractivity contribution in [2.75, 3.05) is 6.54 Å². The second-order valence-electron chi connectivity index (χ2n) is 7.18. The van der Waals surface area contributed by atoms with E-state index < -0.39 is 0 Å². The second-order valence-corrected chi connectivity index (χ2v) is 7.18. The van der Waals surface area contributed by atoms with Gasteiger partial charge in [0.2, 0.25) is 0 Å². The quantitative estimate of drug-likeness (QED) is 0.462. The first kappa shape index (κ1) is 19.6. The zero-order valence-electron chi connectivity index (χ0n) is 17.0. The molecule has 7 nitrogen and oxygen atoms in total. The third-order valence-electron chi connectivity index (χ3n) is 5.09. The van der Waals surface area contributed by atoms with Crippen LogP contribution in [0.4, 0.5) is 0 Å². The lowest BCUT2D eigenvalue weighted by Crippen LogP contribution is -2.26. The van der Waals surface area contributed by atoms with Crippen LogP contribution in [-0.4, -0.2) is 32.4 Å². The SMILES string of the molecule is CCc1cc(-c2cncc(C(=O)NCCc3nc4ccccc4[nH]3)c2)c(C)[nH]c1=O. The molecule has 7 heteroatoms. The third kappa shape index (κ3) is 4.00. The Kier molecular flexibility index (Phi) is 5.43. The smallest absolute Gasteiger partial charge is 0.252 e. The van der Waals surface area contributed by atoms with Gasteiger partial charge in [-0.1, -0.05) is 19.1 Å². The molecule has 30 heavy (non-hydrogen) atoms. The summed E-state index contributed by atoms with van der Waals surface area (Å²) in [7, 11) is 0. The predicted octanol–water partition coefficient (Wildman–Crippen LogP) is 3.16.